The average molecular weight is 548 g/mol. The second kappa shape index (κ2) is 10.7. The van der Waals surface area contributed by atoms with Crippen molar-refractivity contribution in [2.24, 2.45) is 7.05 Å². The first-order valence-electron chi connectivity index (χ1n) is 13.4. The van der Waals surface area contributed by atoms with Crippen molar-refractivity contribution in [3.8, 4) is 22.9 Å². The van der Waals surface area contributed by atoms with Gasteiger partial charge in [-0.2, -0.15) is 10.4 Å². The molecule has 0 aromatic carbocycles. The largest absolute Gasteiger partial charge is 0.486 e. The topological polar surface area (TPSA) is 126 Å². The summed E-state index contributed by atoms with van der Waals surface area (Å²) in [6.45, 7) is 3.90. The molecule has 1 saturated heterocycles. The number of anilines is 1. The van der Waals surface area contributed by atoms with E-state index in [1.165, 1.54) is 0 Å². The smallest absolute Gasteiger partial charge is 0.270 e. The molecule has 0 spiro atoms. The molecule has 11 heteroatoms. The van der Waals surface area contributed by atoms with Gasteiger partial charge in [0.2, 0.25) is 0 Å². The van der Waals surface area contributed by atoms with E-state index in [0.29, 0.717) is 29.1 Å². The fraction of sp³-hybridized carbons (Fsp3) is 0.267. The molecule has 0 saturated carbocycles. The number of piperidine rings is 1. The summed E-state index contributed by atoms with van der Waals surface area (Å²) in [6, 6.07) is 13.5. The zero-order chi connectivity index (χ0) is 28.4. The Hall–Kier alpha value is -5.24. The van der Waals surface area contributed by atoms with Crippen LogP contribution in [0.3, 0.4) is 0 Å². The molecule has 1 fully saturated rings. The lowest BCUT2D eigenvalue weighted by Crippen LogP contribution is -2.53. The molecular formula is C30H29N9O2. The summed E-state index contributed by atoms with van der Waals surface area (Å²) in [5, 5.41) is 17.2. The van der Waals surface area contributed by atoms with E-state index in [-0.39, 0.29) is 11.4 Å². The minimum Gasteiger partial charge on any atom is -0.486 e. The van der Waals surface area contributed by atoms with Crippen LogP contribution in [0, 0.1) is 11.3 Å². The van der Waals surface area contributed by atoms with E-state index < -0.39 is 0 Å². The summed E-state index contributed by atoms with van der Waals surface area (Å²) in [5.41, 5.74) is 3.75. The number of nitrogens with zero attached hydrogens (tertiary/aromatic N) is 8. The van der Waals surface area contributed by atoms with E-state index in [2.05, 4.69) is 38.3 Å². The number of carbonyl (C=O) groups excluding carboxylic acids is 1. The van der Waals surface area contributed by atoms with Gasteiger partial charge < -0.3 is 19.5 Å². The zero-order valence-corrected chi connectivity index (χ0v) is 22.9. The van der Waals surface area contributed by atoms with Crippen LogP contribution in [0.5, 0.6) is 5.75 Å². The quantitative estimate of drug-likeness (QED) is 0.326. The van der Waals surface area contributed by atoms with Crippen LogP contribution in [0.4, 0.5) is 5.82 Å². The van der Waals surface area contributed by atoms with E-state index in [1.54, 1.807) is 41.6 Å². The molecule has 1 aliphatic rings. The Balaban J connectivity index is 1.18. The Kier molecular flexibility index (Phi) is 6.81. The van der Waals surface area contributed by atoms with E-state index in [9.17, 15) is 10.1 Å². The second-order valence-electron chi connectivity index (χ2n) is 10.5. The molecule has 6 heterocycles. The number of hydrogen-bond acceptors (Lipinski definition) is 8. The van der Waals surface area contributed by atoms with E-state index in [1.807, 2.05) is 48.3 Å². The minimum atomic E-state index is -0.317. The van der Waals surface area contributed by atoms with Gasteiger partial charge >= 0.3 is 0 Å². The number of hydrogen-bond donors (Lipinski definition) is 1. The normalized spacial score (nSPS) is 14.5. The van der Waals surface area contributed by atoms with Crippen molar-refractivity contribution >= 4 is 17.2 Å². The molecule has 1 amide bonds. The Morgan fingerprint density at radius 1 is 1.12 bits per heavy atom. The Bertz CT molecular complexity index is 1730. The van der Waals surface area contributed by atoms with Gasteiger partial charge in [0.15, 0.2) is 0 Å². The summed E-state index contributed by atoms with van der Waals surface area (Å²) in [7, 11) is 1.91. The first-order valence-corrected chi connectivity index (χ1v) is 13.4. The molecule has 5 aromatic rings. The summed E-state index contributed by atoms with van der Waals surface area (Å²) >= 11 is 0. The predicted octanol–water partition coefficient (Wildman–Crippen LogP) is 3.76. The molecule has 0 atom stereocenters. The number of rotatable bonds is 7. The second-order valence-corrected chi connectivity index (χ2v) is 10.5. The lowest BCUT2D eigenvalue weighted by Gasteiger charge is -2.40. The van der Waals surface area contributed by atoms with Gasteiger partial charge in [-0.3, -0.25) is 9.78 Å². The number of pyridine rings is 3. The van der Waals surface area contributed by atoms with Crippen molar-refractivity contribution < 1.29 is 9.53 Å². The van der Waals surface area contributed by atoms with Crippen LogP contribution in [0.15, 0.2) is 73.7 Å². The van der Waals surface area contributed by atoms with Gasteiger partial charge in [-0.05, 0) is 50.1 Å². The highest BCUT2D eigenvalue weighted by Crippen LogP contribution is 2.32. The van der Waals surface area contributed by atoms with Gasteiger partial charge in [0.05, 0.1) is 35.5 Å². The van der Waals surface area contributed by atoms with Crippen molar-refractivity contribution in [2.75, 3.05) is 18.0 Å². The number of aryl methyl sites for hydroxylation is 1. The first kappa shape index (κ1) is 26.0. The number of nitriles is 1. The van der Waals surface area contributed by atoms with Gasteiger partial charge in [-0.15, -0.1) is 0 Å². The third kappa shape index (κ3) is 5.45. The maximum atomic E-state index is 12.7. The third-order valence-electron chi connectivity index (χ3n) is 7.41. The summed E-state index contributed by atoms with van der Waals surface area (Å²) in [5.74, 6) is 1.32. The highest BCUT2D eigenvalue weighted by molar-refractivity contribution is 5.92. The van der Waals surface area contributed by atoms with Crippen LogP contribution in [-0.4, -0.2) is 53.7 Å². The van der Waals surface area contributed by atoms with Crippen LogP contribution in [-0.2, 0) is 13.7 Å². The third-order valence-corrected chi connectivity index (χ3v) is 7.41. The first-order chi connectivity index (χ1) is 19.9. The van der Waals surface area contributed by atoms with Crippen molar-refractivity contribution in [3.05, 3.63) is 90.7 Å². The molecule has 6 rings (SSSR count). The molecule has 41 heavy (non-hydrogen) atoms. The monoisotopic (exact) mass is 547 g/mol. The minimum absolute atomic E-state index is 0.154. The summed E-state index contributed by atoms with van der Waals surface area (Å²) < 4.78 is 9.57. The van der Waals surface area contributed by atoms with Crippen LogP contribution in [0.2, 0.25) is 0 Å². The van der Waals surface area contributed by atoms with Crippen LogP contribution >= 0.6 is 0 Å². The average Bonchev–Trinajstić information content (AvgIpc) is 3.62. The number of imidazole rings is 1. The number of amides is 1. The fourth-order valence-corrected chi connectivity index (χ4v) is 5.10. The fourth-order valence-electron chi connectivity index (χ4n) is 5.10. The summed E-state index contributed by atoms with van der Waals surface area (Å²) in [4.78, 5) is 28.1. The van der Waals surface area contributed by atoms with Crippen LogP contribution in [0.25, 0.3) is 16.6 Å². The molecule has 0 unspecified atom stereocenters. The SMILES string of the molecule is Cn1cnc(COc2cc(-c3ccc(N4CCC(C)(NC(=O)c5ccccn5)CC4)nc3)c3c(C#N)cnn3c2)c1. The van der Waals surface area contributed by atoms with Crippen molar-refractivity contribution in [1.82, 2.24) is 34.4 Å². The van der Waals surface area contributed by atoms with Gasteiger partial charge in [-0.25, -0.2) is 14.5 Å². The van der Waals surface area contributed by atoms with Gasteiger partial charge in [-0.1, -0.05) is 6.07 Å². The van der Waals surface area contributed by atoms with Crippen molar-refractivity contribution in [2.45, 2.75) is 31.9 Å². The number of fused-ring (bicyclic) bond motifs is 1. The zero-order valence-electron chi connectivity index (χ0n) is 22.9. The van der Waals surface area contributed by atoms with E-state index in [0.717, 1.165) is 48.6 Å². The Labute approximate surface area is 237 Å². The number of nitrogens with one attached hydrogen (secondary N) is 1. The van der Waals surface area contributed by atoms with Crippen LogP contribution in [0.1, 0.15) is 41.5 Å². The molecule has 0 aliphatic carbocycles. The molecule has 0 bridgehead atoms. The summed E-state index contributed by atoms with van der Waals surface area (Å²) in [6.07, 6.45) is 12.0. The predicted molar refractivity (Wildman–Crippen MR) is 152 cm³/mol. The van der Waals surface area contributed by atoms with Gasteiger partial charge in [0.25, 0.3) is 5.91 Å². The number of ether oxygens (including phenoxy) is 1. The standard InChI is InChI=1S/C30H29N9O2/c1-30(36-29(40)26-5-3-4-10-32-26)8-11-38(12-9-30)27-7-6-21(15-33-27)25-13-24(41-19-23-17-37(2)20-34-23)18-39-28(25)22(14-31)16-35-39/h3-7,10,13,15-18,20H,8-9,11-12,19H2,1-2H3,(H,36,40). The van der Waals surface area contributed by atoms with Crippen molar-refractivity contribution in [1.29, 1.82) is 5.26 Å². The van der Waals surface area contributed by atoms with E-state index >= 15 is 0 Å². The number of carbonyl (C=O) groups is 1. The lowest BCUT2D eigenvalue weighted by atomic mass is 9.89. The maximum Gasteiger partial charge on any atom is 0.270 e. The Morgan fingerprint density at radius 2 is 1.98 bits per heavy atom. The highest BCUT2D eigenvalue weighted by Gasteiger charge is 2.32. The molecular weight excluding hydrogens is 518 g/mol. The number of aromatic nitrogens is 6. The van der Waals surface area contributed by atoms with Gasteiger partial charge in [0.1, 0.15) is 29.9 Å². The molecule has 1 N–H and O–H groups in total. The molecule has 0 radical (unpaired) electrons. The van der Waals surface area contributed by atoms with Crippen molar-refractivity contribution in [3.63, 3.8) is 0 Å². The van der Waals surface area contributed by atoms with Crippen LogP contribution < -0.4 is 15.0 Å². The van der Waals surface area contributed by atoms with Gasteiger partial charge in [0, 0.05) is 55.4 Å². The Morgan fingerprint density at radius 3 is 2.66 bits per heavy atom. The molecule has 206 valence electrons. The molecule has 5 aromatic heterocycles. The maximum absolute atomic E-state index is 12.7. The van der Waals surface area contributed by atoms with E-state index in [4.69, 9.17) is 9.72 Å². The highest BCUT2D eigenvalue weighted by atomic mass is 16.5. The molecule has 1 aliphatic heterocycles. The molecule has 11 nitrogen and oxygen atoms in total. The lowest BCUT2D eigenvalue weighted by molar-refractivity contribution is 0.0886.